The molecule has 3 atom stereocenters. The van der Waals surface area contributed by atoms with Gasteiger partial charge in [0.2, 0.25) is 0 Å². The Kier molecular flexibility index (Phi) is 3.45. The first-order valence-corrected chi connectivity index (χ1v) is 8.04. The third kappa shape index (κ3) is 2.47. The molecular weight excluding hydrogens is 242 g/mol. The highest BCUT2D eigenvalue weighted by Crippen LogP contribution is 2.33. The fourth-order valence-corrected chi connectivity index (χ4v) is 4.69. The van der Waals surface area contributed by atoms with Gasteiger partial charge in [-0.3, -0.25) is 9.69 Å². The average molecular weight is 261 g/mol. The Hall–Kier alpha value is -0.620. The SMILES string of the molecule is CS(=O)(=O)C1CCCC1N1CCCC1C(=O)O. The molecule has 0 radical (unpaired) electrons. The topological polar surface area (TPSA) is 74.7 Å². The molecule has 5 nitrogen and oxygen atoms in total. The first-order chi connectivity index (χ1) is 7.91. The summed E-state index contributed by atoms with van der Waals surface area (Å²) >= 11 is 0. The summed E-state index contributed by atoms with van der Waals surface area (Å²) in [5.74, 6) is -0.818. The zero-order valence-electron chi connectivity index (χ0n) is 10.0. The van der Waals surface area contributed by atoms with Crippen LogP contribution in [0.1, 0.15) is 32.1 Å². The van der Waals surface area contributed by atoms with Crippen molar-refractivity contribution in [1.82, 2.24) is 4.90 Å². The molecule has 0 aromatic heterocycles. The summed E-state index contributed by atoms with van der Waals surface area (Å²) in [7, 11) is -3.07. The molecule has 1 heterocycles. The van der Waals surface area contributed by atoms with Gasteiger partial charge in [0.1, 0.15) is 6.04 Å². The van der Waals surface area contributed by atoms with Gasteiger partial charge in [-0.05, 0) is 32.2 Å². The van der Waals surface area contributed by atoms with Crippen molar-refractivity contribution in [3.8, 4) is 0 Å². The fraction of sp³-hybridized carbons (Fsp3) is 0.909. The van der Waals surface area contributed by atoms with E-state index in [1.807, 2.05) is 4.90 Å². The number of hydrogen-bond acceptors (Lipinski definition) is 4. The molecule has 0 aromatic rings. The summed E-state index contributed by atoms with van der Waals surface area (Å²) in [6, 6.07) is -0.573. The number of nitrogens with zero attached hydrogens (tertiary/aromatic N) is 1. The van der Waals surface area contributed by atoms with Crippen molar-refractivity contribution in [2.24, 2.45) is 0 Å². The average Bonchev–Trinajstić information content (AvgIpc) is 2.84. The Morgan fingerprint density at radius 2 is 1.94 bits per heavy atom. The van der Waals surface area contributed by atoms with E-state index in [0.717, 1.165) is 19.3 Å². The second kappa shape index (κ2) is 4.57. The van der Waals surface area contributed by atoms with E-state index in [9.17, 15) is 13.2 Å². The molecule has 0 aromatic carbocycles. The lowest BCUT2D eigenvalue weighted by Crippen LogP contribution is -2.48. The third-order valence-corrected chi connectivity index (χ3v) is 5.62. The largest absolute Gasteiger partial charge is 0.480 e. The number of carbonyl (C=O) groups is 1. The first kappa shape index (κ1) is 12.8. The monoisotopic (exact) mass is 261 g/mol. The molecule has 0 spiro atoms. The van der Waals surface area contributed by atoms with Crippen molar-refractivity contribution in [2.75, 3.05) is 12.8 Å². The Balaban J connectivity index is 2.19. The van der Waals surface area contributed by atoms with Gasteiger partial charge in [0, 0.05) is 12.3 Å². The van der Waals surface area contributed by atoms with Gasteiger partial charge in [-0.25, -0.2) is 8.42 Å². The van der Waals surface area contributed by atoms with Crippen LogP contribution in [0.15, 0.2) is 0 Å². The number of carboxylic acid groups (broad SMARTS) is 1. The lowest BCUT2D eigenvalue weighted by molar-refractivity contribution is -0.142. The smallest absolute Gasteiger partial charge is 0.320 e. The molecule has 1 N–H and O–H groups in total. The van der Waals surface area contributed by atoms with Gasteiger partial charge in [-0.15, -0.1) is 0 Å². The maximum absolute atomic E-state index is 11.7. The summed E-state index contributed by atoms with van der Waals surface area (Å²) < 4.78 is 23.4. The second-order valence-electron chi connectivity index (χ2n) is 5.10. The minimum absolute atomic E-state index is 0.0893. The van der Waals surface area contributed by atoms with Crippen molar-refractivity contribution < 1.29 is 18.3 Å². The predicted molar refractivity (Wildman–Crippen MR) is 63.6 cm³/mol. The van der Waals surface area contributed by atoms with Gasteiger partial charge >= 0.3 is 5.97 Å². The first-order valence-electron chi connectivity index (χ1n) is 6.08. The molecule has 98 valence electrons. The molecule has 17 heavy (non-hydrogen) atoms. The van der Waals surface area contributed by atoms with Gasteiger partial charge in [-0.2, -0.15) is 0 Å². The minimum Gasteiger partial charge on any atom is -0.480 e. The number of carboxylic acids is 1. The summed E-state index contributed by atoms with van der Waals surface area (Å²) in [5.41, 5.74) is 0. The molecule has 1 aliphatic heterocycles. The number of likely N-dealkylation sites (tertiary alicyclic amines) is 1. The van der Waals surface area contributed by atoms with Crippen LogP contribution in [0.3, 0.4) is 0 Å². The lowest BCUT2D eigenvalue weighted by Gasteiger charge is -2.31. The standard InChI is InChI=1S/C11H19NO4S/c1-17(15,16)10-6-2-4-8(10)12-7-3-5-9(12)11(13)14/h8-10H,2-7H2,1H3,(H,13,14). The van der Waals surface area contributed by atoms with E-state index in [4.69, 9.17) is 5.11 Å². The molecule has 2 fully saturated rings. The molecule has 1 saturated heterocycles. The quantitative estimate of drug-likeness (QED) is 0.801. The molecule has 3 unspecified atom stereocenters. The number of sulfone groups is 1. The molecule has 2 rings (SSSR count). The van der Waals surface area contributed by atoms with E-state index in [0.29, 0.717) is 19.4 Å². The van der Waals surface area contributed by atoms with Crippen LogP contribution in [0.4, 0.5) is 0 Å². The van der Waals surface area contributed by atoms with Crippen LogP contribution in [0.5, 0.6) is 0 Å². The van der Waals surface area contributed by atoms with Crippen molar-refractivity contribution in [1.29, 1.82) is 0 Å². The van der Waals surface area contributed by atoms with Crippen molar-refractivity contribution in [2.45, 2.75) is 49.4 Å². The van der Waals surface area contributed by atoms with Gasteiger partial charge in [-0.1, -0.05) is 6.42 Å². The highest BCUT2D eigenvalue weighted by Gasteiger charge is 2.44. The highest BCUT2D eigenvalue weighted by molar-refractivity contribution is 7.91. The Morgan fingerprint density at radius 1 is 1.24 bits per heavy atom. The fourth-order valence-electron chi connectivity index (χ4n) is 3.24. The Morgan fingerprint density at radius 3 is 2.53 bits per heavy atom. The maximum Gasteiger partial charge on any atom is 0.320 e. The van der Waals surface area contributed by atoms with Crippen LogP contribution >= 0.6 is 0 Å². The van der Waals surface area contributed by atoms with Crippen LogP contribution < -0.4 is 0 Å². The van der Waals surface area contributed by atoms with Gasteiger partial charge in [0.15, 0.2) is 9.84 Å². The normalized spacial score (nSPS) is 35.2. The molecule has 6 heteroatoms. The zero-order valence-corrected chi connectivity index (χ0v) is 10.8. The molecule has 1 saturated carbocycles. The van der Waals surface area contributed by atoms with Gasteiger partial charge in [0.05, 0.1) is 5.25 Å². The maximum atomic E-state index is 11.7. The van der Waals surface area contributed by atoms with E-state index in [-0.39, 0.29) is 11.3 Å². The van der Waals surface area contributed by atoms with Crippen LogP contribution in [-0.4, -0.2) is 54.5 Å². The number of rotatable bonds is 3. The summed E-state index contributed by atoms with van der Waals surface area (Å²) in [6.07, 6.45) is 5.12. The van der Waals surface area contributed by atoms with Gasteiger partial charge in [0.25, 0.3) is 0 Å². The van der Waals surface area contributed by atoms with Gasteiger partial charge < -0.3 is 5.11 Å². The zero-order chi connectivity index (χ0) is 12.6. The third-order valence-electron chi connectivity index (χ3n) is 3.97. The second-order valence-corrected chi connectivity index (χ2v) is 7.36. The summed E-state index contributed by atoms with van der Waals surface area (Å²) in [5, 5.41) is 8.77. The predicted octanol–water partition coefficient (Wildman–Crippen LogP) is 0.501. The van der Waals surface area contributed by atoms with Crippen LogP contribution in [-0.2, 0) is 14.6 Å². The molecular formula is C11H19NO4S. The summed E-state index contributed by atoms with van der Waals surface area (Å²) in [6.45, 7) is 0.716. The Bertz CT molecular complexity index is 406. The minimum atomic E-state index is -3.07. The van der Waals surface area contributed by atoms with E-state index in [1.54, 1.807) is 0 Å². The van der Waals surface area contributed by atoms with Crippen LogP contribution in [0, 0.1) is 0 Å². The molecule has 0 bridgehead atoms. The molecule has 2 aliphatic rings. The number of aliphatic carboxylic acids is 1. The number of hydrogen-bond donors (Lipinski definition) is 1. The van der Waals surface area contributed by atoms with Crippen LogP contribution in [0.25, 0.3) is 0 Å². The van der Waals surface area contributed by atoms with E-state index in [2.05, 4.69) is 0 Å². The van der Waals surface area contributed by atoms with E-state index >= 15 is 0 Å². The van der Waals surface area contributed by atoms with Crippen molar-refractivity contribution >= 4 is 15.8 Å². The molecule has 1 aliphatic carbocycles. The van der Waals surface area contributed by atoms with Crippen molar-refractivity contribution in [3.05, 3.63) is 0 Å². The van der Waals surface area contributed by atoms with Crippen molar-refractivity contribution in [3.63, 3.8) is 0 Å². The van der Waals surface area contributed by atoms with Crippen LogP contribution in [0.2, 0.25) is 0 Å². The lowest BCUT2D eigenvalue weighted by atomic mass is 10.1. The van der Waals surface area contributed by atoms with E-state index in [1.165, 1.54) is 6.26 Å². The highest BCUT2D eigenvalue weighted by atomic mass is 32.2. The summed E-state index contributed by atoms with van der Waals surface area (Å²) in [4.78, 5) is 13.0. The Labute approximate surface area is 102 Å². The van der Waals surface area contributed by atoms with E-state index < -0.39 is 21.8 Å². The molecule has 0 amide bonds.